The van der Waals surface area contributed by atoms with Crippen LogP contribution in [0.5, 0.6) is 5.75 Å². The van der Waals surface area contributed by atoms with Crippen LogP contribution < -0.4 is 10.3 Å². The molecule has 0 saturated heterocycles. The molecule has 1 heterocycles. The number of aromatic amines is 1. The minimum atomic E-state index is -0.432. The number of hydrogen-bond acceptors (Lipinski definition) is 6. The number of halogens is 1. The van der Waals surface area contributed by atoms with E-state index >= 15 is 0 Å². The highest BCUT2D eigenvalue weighted by atomic mass is 79.9. The van der Waals surface area contributed by atoms with Crippen LogP contribution in [0.4, 0.5) is 0 Å². The van der Waals surface area contributed by atoms with E-state index in [9.17, 15) is 9.59 Å². The average Bonchev–Trinajstić information content (AvgIpc) is 2.52. The van der Waals surface area contributed by atoms with Crippen molar-refractivity contribution in [3.63, 3.8) is 0 Å². The second-order valence-electron chi connectivity index (χ2n) is 4.55. The number of methoxy groups -OCH3 is 2. The van der Waals surface area contributed by atoms with Crippen LogP contribution in [0.25, 0.3) is 0 Å². The number of aromatic nitrogens is 2. The fourth-order valence-corrected chi connectivity index (χ4v) is 3.24. The van der Waals surface area contributed by atoms with Gasteiger partial charge in [0.15, 0.2) is 5.16 Å². The Labute approximate surface area is 145 Å². The van der Waals surface area contributed by atoms with Gasteiger partial charge < -0.3 is 14.5 Å². The van der Waals surface area contributed by atoms with Crippen LogP contribution in [0, 0.1) is 0 Å². The maximum atomic E-state index is 11.6. The predicted octanol–water partition coefficient (Wildman–Crippen LogP) is 2.55. The Morgan fingerprint density at radius 2 is 2.13 bits per heavy atom. The van der Waals surface area contributed by atoms with Gasteiger partial charge >= 0.3 is 5.97 Å². The van der Waals surface area contributed by atoms with E-state index in [1.54, 1.807) is 7.11 Å². The summed E-state index contributed by atoms with van der Waals surface area (Å²) in [7, 11) is 2.91. The molecule has 8 heteroatoms. The molecule has 0 atom stereocenters. The van der Waals surface area contributed by atoms with Crippen molar-refractivity contribution in [2.24, 2.45) is 0 Å². The lowest BCUT2D eigenvalue weighted by Gasteiger charge is -2.07. The van der Waals surface area contributed by atoms with Crippen molar-refractivity contribution < 1.29 is 14.3 Å². The molecule has 0 saturated carbocycles. The molecular weight excluding hydrogens is 384 g/mol. The second-order valence-corrected chi connectivity index (χ2v) is 6.37. The minimum absolute atomic E-state index is 0.0257. The van der Waals surface area contributed by atoms with Gasteiger partial charge in [-0.2, -0.15) is 0 Å². The molecule has 2 rings (SSSR count). The third-order valence-electron chi connectivity index (χ3n) is 2.92. The van der Waals surface area contributed by atoms with E-state index in [1.807, 2.05) is 18.2 Å². The highest BCUT2D eigenvalue weighted by Crippen LogP contribution is 2.28. The lowest BCUT2D eigenvalue weighted by atomic mass is 10.2. The summed E-state index contributed by atoms with van der Waals surface area (Å²) in [5, 5.41) is 0.461. The lowest BCUT2D eigenvalue weighted by Crippen LogP contribution is -2.13. The van der Waals surface area contributed by atoms with E-state index in [0.717, 1.165) is 15.8 Å². The van der Waals surface area contributed by atoms with Crippen molar-refractivity contribution in [3.8, 4) is 5.75 Å². The third-order valence-corrected chi connectivity index (χ3v) is 4.48. The molecule has 0 aliphatic rings. The van der Waals surface area contributed by atoms with Gasteiger partial charge in [0, 0.05) is 11.8 Å². The average molecular weight is 399 g/mol. The number of carbonyl (C=O) groups excluding carboxylic acids is 1. The molecule has 0 unspecified atom stereocenters. The largest absolute Gasteiger partial charge is 0.496 e. The SMILES string of the molecule is COC(=O)Cc1cc(=O)[nH]c(SCc2ccc(OC)c(Br)c2)n1. The topological polar surface area (TPSA) is 81.3 Å². The Hall–Kier alpha value is -1.80. The van der Waals surface area contributed by atoms with Crippen molar-refractivity contribution in [1.82, 2.24) is 9.97 Å². The maximum Gasteiger partial charge on any atom is 0.311 e. The van der Waals surface area contributed by atoms with Crippen LogP contribution >= 0.6 is 27.7 Å². The summed E-state index contributed by atoms with van der Waals surface area (Å²) in [5.41, 5.74) is 1.14. The van der Waals surface area contributed by atoms with Crippen LogP contribution in [-0.2, 0) is 21.7 Å². The van der Waals surface area contributed by atoms with Gasteiger partial charge in [-0.3, -0.25) is 9.59 Å². The summed E-state index contributed by atoms with van der Waals surface area (Å²) >= 11 is 4.81. The monoisotopic (exact) mass is 398 g/mol. The molecule has 0 aliphatic carbocycles. The van der Waals surface area contributed by atoms with E-state index in [2.05, 4.69) is 30.6 Å². The first-order valence-corrected chi connectivity index (χ1v) is 8.42. The predicted molar refractivity (Wildman–Crippen MR) is 90.8 cm³/mol. The number of carbonyl (C=O) groups is 1. The number of nitrogens with zero attached hydrogens (tertiary/aromatic N) is 1. The zero-order valence-electron chi connectivity index (χ0n) is 12.6. The maximum absolute atomic E-state index is 11.6. The number of thioether (sulfide) groups is 1. The van der Waals surface area contributed by atoms with E-state index in [4.69, 9.17) is 4.74 Å². The Bertz CT molecular complexity index is 763. The zero-order chi connectivity index (χ0) is 16.8. The van der Waals surface area contributed by atoms with Gasteiger partial charge in [0.1, 0.15) is 5.75 Å². The van der Waals surface area contributed by atoms with Crippen molar-refractivity contribution in [3.05, 3.63) is 50.3 Å². The Kier molecular flexibility index (Phi) is 6.23. The quantitative estimate of drug-likeness (QED) is 0.457. The summed E-state index contributed by atoms with van der Waals surface area (Å²) in [6, 6.07) is 7.05. The van der Waals surface area contributed by atoms with Crippen LogP contribution in [0.15, 0.2) is 38.7 Å². The van der Waals surface area contributed by atoms with Crippen LogP contribution in [0.2, 0.25) is 0 Å². The number of esters is 1. The summed E-state index contributed by atoms with van der Waals surface area (Å²) in [6.45, 7) is 0. The van der Waals surface area contributed by atoms with Gasteiger partial charge in [-0.1, -0.05) is 17.8 Å². The van der Waals surface area contributed by atoms with E-state index < -0.39 is 5.97 Å². The minimum Gasteiger partial charge on any atom is -0.496 e. The summed E-state index contributed by atoms with van der Waals surface area (Å²) in [6.07, 6.45) is -0.0257. The fraction of sp³-hybridized carbons (Fsp3) is 0.267. The van der Waals surface area contributed by atoms with E-state index in [0.29, 0.717) is 16.6 Å². The summed E-state index contributed by atoms with van der Waals surface area (Å²) in [4.78, 5) is 29.8. The highest BCUT2D eigenvalue weighted by molar-refractivity contribution is 9.10. The molecule has 0 radical (unpaired) electrons. The number of ether oxygens (including phenoxy) is 2. The number of rotatable bonds is 6. The van der Waals surface area contributed by atoms with Gasteiger partial charge in [-0.15, -0.1) is 0 Å². The molecule has 1 aromatic carbocycles. The molecule has 6 nitrogen and oxygen atoms in total. The van der Waals surface area contributed by atoms with Crippen molar-refractivity contribution in [1.29, 1.82) is 0 Å². The Morgan fingerprint density at radius 3 is 2.78 bits per heavy atom. The fourth-order valence-electron chi connectivity index (χ4n) is 1.81. The molecule has 0 bridgehead atoms. The first-order chi connectivity index (χ1) is 11.0. The summed E-state index contributed by atoms with van der Waals surface area (Å²) < 4.78 is 10.6. The molecule has 23 heavy (non-hydrogen) atoms. The van der Waals surface area contributed by atoms with Crippen molar-refractivity contribution in [2.45, 2.75) is 17.3 Å². The van der Waals surface area contributed by atoms with E-state index in [-0.39, 0.29) is 12.0 Å². The number of benzene rings is 1. The first kappa shape index (κ1) is 17.6. The van der Waals surface area contributed by atoms with Crippen molar-refractivity contribution in [2.75, 3.05) is 14.2 Å². The van der Waals surface area contributed by atoms with Gasteiger partial charge in [-0.05, 0) is 33.6 Å². The number of H-pyrrole nitrogens is 1. The number of hydrogen-bond donors (Lipinski definition) is 1. The van der Waals surface area contributed by atoms with Crippen LogP contribution in [0.1, 0.15) is 11.3 Å². The van der Waals surface area contributed by atoms with Gasteiger partial charge in [-0.25, -0.2) is 4.98 Å². The molecule has 0 spiro atoms. The first-order valence-electron chi connectivity index (χ1n) is 6.64. The van der Waals surface area contributed by atoms with Crippen molar-refractivity contribution >= 4 is 33.7 Å². The van der Waals surface area contributed by atoms with E-state index in [1.165, 1.54) is 24.9 Å². The van der Waals surface area contributed by atoms with Gasteiger partial charge in [0.05, 0.1) is 30.8 Å². The van der Waals surface area contributed by atoms with Gasteiger partial charge in [0.2, 0.25) is 0 Å². The normalized spacial score (nSPS) is 10.4. The zero-order valence-corrected chi connectivity index (χ0v) is 15.0. The lowest BCUT2D eigenvalue weighted by molar-refractivity contribution is -0.139. The number of nitrogens with one attached hydrogen (secondary N) is 1. The molecule has 1 aromatic heterocycles. The molecule has 0 aliphatic heterocycles. The standard InChI is InChI=1S/C15H15BrN2O4S/c1-21-12-4-3-9(5-11(12)16)8-23-15-17-10(6-13(19)18-15)7-14(20)22-2/h3-6H,7-8H2,1-2H3,(H,17,18,19). The Balaban J connectivity index is 2.09. The third kappa shape index (κ3) is 5.11. The van der Waals surface area contributed by atoms with Crippen LogP contribution in [0.3, 0.4) is 0 Å². The summed E-state index contributed by atoms with van der Waals surface area (Å²) in [5.74, 6) is 0.941. The molecule has 122 valence electrons. The van der Waals surface area contributed by atoms with Gasteiger partial charge in [0.25, 0.3) is 5.56 Å². The molecule has 1 N–H and O–H groups in total. The molecule has 2 aromatic rings. The highest BCUT2D eigenvalue weighted by Gasteiger charge is 2.08. The molecule has 0 amide bonds. The molecular formula is C15H15BrN2O4S. The molecule has 0 fully saturated rings. The Morgan fingerprint density at radius 1 is 1.35 bits per heavy atom. The van der Waals surface area contributed by atoms with Crippen LogP contribution in [-0.4, -0.2) is 30.2 Å². The second kappa shape index (κ2) is 8.16. The smallest absolute Gasteiger partial charge is 0.311 e.